The summed E-state index contributed by atoms with van der Waals surface area (Å²) in [6, 6.07) is 0. The number of nitrogens with zero attached hydrogens (tertiary/aromatic N) is 1. The van der Waals surface area contributed by atoms with Gasteiger partial charge in [0.1, 0.15) is 0 Å². The third kappa shape index (κ3) is 8.57. The SMILES string of the molecule is CCCCCCCCC(=O)NCC[N+](CC)(CC)CC. The van der Waals surface area contributed by atoms with Crippen molar-refractivity contribution in [1.29, 1.82) is 0 Å². The van der Waals surface area contributed by atoms with Crippen molar-refractivity contribution in [3.8, 4) is 0 Å². The molecule has 1 N–H and O–H groups in total. The van der Waals surface area contributed by atoms with Crippen LogP contribution in [0.25, 0.3) is 0 Å². The van der Waals surface area contributed by atoms with E-state index in [9.17, 15) is 4.79 Å². The van der Waals surface area contributed by atoms with Gasteiger partial charge in [0.25, 0.3) is 0 Å². The van der Waals surface area contributed by atoms with Crippen molar-refractivity contribution < 1.29 is 9.28 Å². The molecule has 0 saturated heterocycles. The van der Waals surface area contributed by atoms with Crippen molar-refractivity contribution >= 4 is 5.91 Å². The summed E-state index contributed by atoms with van der Waals surface area (Å²) in [5.41, 5.74) is 0. The van der Waals surface area contributed by atoms with Crippen molar-refractivity contribution in [3.63, 3.8) is 0 Å². The summed E-state index contributed by atoms with van der Waals surface area (Å²) in [4.78, 5) is 11.8. The molecule has 0 spiro atoms. The Morgan fingerprint density at radius 3 is 1.95 bits per heavy atom. The molecule has 0 fully saturated rings. The second-order valence-corrected chi connectivity index (χ2v) is 5.88. The quantitative estimate of drug-likeness (QED) is 0.405. The van der Waals surface area contributed by atoms with Gasteiger partial charge in [-0.15, -0.1) is 0 Å². The lowest BCUT2D eigenvalue weighted by Crippen LogP contribution is -2.51. The predicted octanol–water partition coefficient (Wildman–Crippen LogP) is 3.73. The molecule has 0 bridgehead atoms. The molecular formula is C17H37N2O+. The van der Waals surface area contributed by atoms with Gasteiger partial charge in [0.15, 0.2) is 0 Å². The summed E-state index contributed by atoms with van der Waals surface area (Å²) in [5.74, 6) is 0.238. The molecule has 1 amide bonds. The molecule has 0 heterocycles. The number of unbranched alkanes of at least 4 members (excludes halogenated alkanes) is 5. The topological polar surface area (TPSA) is 29.1 Å². The molecule has 3 heteroatoms. The van der Waals surface area contributed by atoms with Crippen LogP contribution in [0.4, 0.5) is 0 Å². The molecule has 0 aliphatic heterocycles. The van der Waals surface area contributed by atoms with Crippen LogP contribution in [-0.2, 0) is 4.79 Å². The zero-order valence-corrected chi connectivity index (χ0v) is 14.3. The standard InChI is InChI=1S/C17H36N2O/c1-5-9-10-11-12-13-14-17(20)18-15-16-19(6-2,7-3)8-4/h5-16H2,1-4H3/p+1. The Bertz CT molecular complexity index is 229. The Morgan fingerprint density at radius 2 is 1.40 bits per heavy atom. The smallest absolute Gasteiger partial charge is 0.220 e. The van der Waals surface area contributed by atoms with Gasteiger partial charge < -0.3 is 9.80 Å². The Kier molecular flexibility index (Phi) is 11.8. The van der Waals surface area contributed by atoms with Gasteiger partial charge in [-0.25, -0.2) is 0 Å². The Hall–Kier alpha value is -0.570. The minimum absolute atomic E-state index is 0.238. The maximum atomic E-state index is 11.8. The van der Waals surface area contributed by atoms with E-state index in [0.29, 0.717) is 6.42 Å². The van der Waals surface area contributed by atoms with Crippen LogP contribution in [0.2, 0.25) is 0 Å². The molecule has 120 valence electrons. The molecule has 0 aliphatic carbocycles. The van der Waals surface area contributed by atoms with Crippen LogP contribution in [0, 0.1) is 0 Å². The number of amides is 1. The molecule has 0 aromatic heterocycles. The van der Waals surface area contributed by atoms with Crippen LogP contribution in [0.15, 0.2) is 0 Å². The van der Waals surface area contributed by atoms with Gasteiger partial charge in [0.2, 0.25) is 5.91 Å². The normalized spacial score (nSPS) is 11.6. The first-order valence-corrected chi connectivity index (χ1v) is 8.75. The number of rotatable bonds is 13. The summed E-state index contributed by atoms with van der Waals surface area (Å²) in [6.45, 7) is 14.3. The van der Waals surface area contributed by atoms with E-state index in [2.05, 4.69) is 33.0 Å². The first-order valence-electron chi connectivity index (χ1n) is 8.75. The van der Waals surface area contributed by atoms with Crippen LogP contribution in [0.1, 0.15) is 72.6 Å². The highest BCUT2D eigenvalue weighted by atomic mass is 16.1. The predicted molar refractivity (Wildman–Crippen MR) is 87.8 cm³/mol. The van der Waals surface area contributed by atoms with Crippen molar-refractivity contribution in [1.82, 2.24) is 5.32 Å². The van der Waals surface area contributed by atoms with E-state index in [4.69, 9.17) is 0 Å². The number of carbonyl (C=O) groups is 1. The summed E-state index contributed by atoms with van der Waals surface area (Å²) >= 11 is 0. The summed E-state index contributed by atoms with van der Waals surface area (Å²) in [7, 11) is 0. The third-order valence-corrected chi connectivity index (χ3v) is 4.68. The van der Waals surface area contributed by atoms with Gasteiger partial charge in [-0.05, 0) is 27.2 Å². The highest BCUT2D eigenvalue weighted by molar-refractivity contribution is 5.75. The average molecular weight is 285 g/mol. The molecule has 0 aromatic carbocycles. The van der Waals surface area contributed by atoms with Crippen molar-refractivity contribution in [3.05, 3.63) is 0 Å². The summed E-state index contributed by atoms with van der Waals surface area (Å²) in [5, 5.41) is 3.09. The van der Waals surface area contributed by atoms with Gasteiger partial charge in [-0.2, -0.15) is 0 Å². The van der Waals surface area contributed by atoms with Gasteiger partial charge >= 0.3 is 0 Å². The van der Waals surface area contributed by atoms with E-state index in [1.54, 1.807) is 0 Å². The van der Waals surface area contributed by atoms with Gasteiger partial charge in [-0.3, -0.25) is 4.79 Å². The number of hydrogen-bond donors (Lipinski definition) is 1. The van der Waals surface area contributed by atoms with Crippen LogP contribution in [0.5, 0.6) is 0 Å². The lowest BCUT2D eigenvalue weighted by atomic mass is 10.1. The number of likely N-dealkylation sites (N-methyl/N-ethyl adjacent to an activating group) is 1. The highest BCUT2D eigenvalue weighted by Crippen LogP contribution is 2.07. The van der Waals surface area contributed by atoms with Crippen molar-refractivity contribution in [2.24, 2.45) is 0 Å². The molecular weight excluding hydrogens is 248 g/mol. The second kappa shape index (κ2) is 12.2. The largest absolute Gasteiger partial charge is 0.350 e. The zero-order valence-electron chi connectivity index (χ0n) is 14.3. The third-order valence-electron chi connectivity index (χ3n) is 4.68. The zero-order chi connectivity index (χ0) is 15.3. The molecule has 0 aliphatic rings. The van der Waals surface area contributed by atoms with E-state index in [-0.39, 0.29) is 5.91 Å². The first kappa shape index (κ1) is 19.4. The van der Waals surface area contributed by atoms with Gasteiger partial charge in [-0.1, -0.05) is 39.0 Å². The van der Waals surface area contributed by atoms with Crippen molar-refractivity contribution in [2.75, 3.05) is 32.7 Å². The Balaban J connectivity index is 3.62. The van der Waals surface area contributed by atoms with Gasteiger partial charge in [0.05, 0.1) is 32.7 Å². The lowest BCUT2D eigenvalue weighted by Gasteiger charge is -2.35. The number of hydrogen-bond acceptors (Lipinski definition) is 1. The molecule has 0 saturated carbocycles. The maximum Gasteiger partial charge on any atom is 0.220 e. The first-order chi connectivity index (χ1) is 9.64. The Morgan fingerprint density at radius 1 is 0.850 bits per heavy atom. The molecule has 20 heavy (non-hydrogen) atoms. The van der Waals surface area contributed by atoms with E-state index < -0.39 is 0 Å². The average Bonchev–Trinajstić information content (AvgIpc) is 2.48. The van der Waals surface area contributed by atoms with Crippen LogP contribution in [-0.4, -0.2) is 43.1 Å². The molecule has 0 aromatic rings. The lowest BCUT2D eigenvalue weighted by molar-refractivity contribution is -0.922. The minimum atomic E-state index is 0.238. The molecule has 3 nitrogen and oxygen atoms in total. The van der Waals surface area contributed by atoms with E-state index in [0.717, 1.165) is 43.6 Å². The van der Waals surface area contributed by atoms with Crippen LogP contribution >= 0.6 is 0 Å². The van der Waals surface area contributed by atoms with Gasteiger partial charge in [0, 0.05) is 6.42 Å². The maximum absolute atomic E-state index is 11.8. The number of carbonyl (C=O) groups excluding carboxylic acids is 1. The molecule has 0 rings (SSSR count). The minimum Gasteiger partial charge on any atom is -0.350 e. The Labute approximate surface area is 126 Å². The fourth-order valence-electron chi connectivity index (χ4n) is 2.73. The second-order valence-electron chi connectivity index (χ2n) is 5.88. The van der Waals surface area contributed by atoms with E-state index in [1.165, 1.54) is 32.1 Å². The molecule has 0 unspecified atom stereocenters. The van der Waals surface area contributed by atoms with Crippen LogP contribution in [0.3, 0.4) is 0 Å². The van der Waals surface area contributed by atoms with Crippen molar-refractivity contribution in [2.45, 2.75) is 72.6 Å². The monoisotopic (exact) mass is 285 g/mol. The number of quaternary nitrogens is 1. The van der Waals surface area contributed by atoms with E-state index >= 15 is 0 Å². The summed E-state index contributed by atoms with van der Waals surface area (Å²) in [6.07, 6.45) is 8.17. The molecule has 0 radical (unpaired) electrons. The van der Waals surface area contributed by atoms with E-state index in [1.807, 2.05) is 0 Å². The fourth-order valence-corrected chi connectivity index (χ4v) is 2.73. The fraction of sp³-hybridized carbons (Fsp3) is 0.941. The highest BCUT2D eigenvalue weighted by Gasteiger charge is 2.19. The summed E-state index contributed by atoms with van der Waals surface area (Å²) < 4.78 is 1.11. The number of nitrogens with one attached hydrogen (secondary N) is 1. The molecule has 0 atom stereocenters. The van der Waals surface area contributed by atoms with Crippen LogP contribution < -0.4 is 5.32 Å².